The summed E-state index contributed by atoms with van der Waals surface area (Å²) in [7, 11) is 1.63. The van der Waals surface area contributed by atoms with E-state index in [9.17, 15) is 0 Å². The molecule has 0 saturated heterocycles. The minimum absolute atomic E-state index is 0. The number of aryl methyl sites for hydroxylation is 1. The Balaban J connectivity index is 0.00000196. The van der Waals surface area contributed by atoms with Crippen molar-refractivity contribution in [3.63, 3.8) is 0 Å². The Hall–Kier alpha value is -0.930. The third-order valence-corrected chi connectivity index (χ3v) is 2.18. The van der Waals surface area contributed by atoms with Gasteiger partial charge in [-0.25, -0.2) is 0 Å². The summed E-state index contributed by atoms with van der Waals surface area (Å²) in [5, 5.41) is 9.16. The molecule has 0 saturated carbocycles. The number of aliphatic hydroxyl groups is 1. The number of rotatable bonds is 4. The fourth-order valence-corrected chi connectivity index (χ4v) is 1.29. The van der Waals surface area contributed by atoms with Crippen molar-refractivity contribution in [1.82, 2.24) is 0 Å². The lowest BCUT2D eigenvalue weighted by Crippen LogP contribution is -2.03. The van der Waals surface area contributed by atoms with E-state index in [-0.39, 0.29) is 18.5 Å². The van der Waals surface area contributed by atoms with Crippen molar-refractivity contribution >= 4 is 18.1 Å². The van der Waals surface area contributed by atoms with Gasteiger partial charge in [-0.05, 0) is 43.5 Å². The third-order valence-electron chi connectivity index (χ3n) is 2.18. The minimum atomic E-state index is -0.291. The molecule has 0 aromatic heterocycles. The predicted octanol–water partition coefficient (Wildman–Crippen LogP) is 2.01. The molecule has 0 heterocycles. The average Bonchev–Trinajstić information content (AvgIpc) is 2.16. The number of methoxy groups -OCH3 is 1. The molecule has 1 aromatic carbocycles. The van der Waals surface area contributed by atoms with Crippen LogP contribution < -0.4 is 10.5 Å². The smallest absolute Gasteiger partial charge is 0.119 e. The van der Waals surface area contributed by atoms with E-state index in [0.717, 1.165) is 29.8 Å². The lowest BCUT2D eigenvalue weighted by atomic mass is 10.1. The molecule has 0 fully saturated rings. The standard InChI is InChI=1S/C11H17NO2.ClH/c1-8(13)3-4-9-7-10(14-2)5-6-11(9)12;/h5-8,13H,3-4,12H2,1-2H3;1H. The zero-order valence-electron chi connectivity index (χ0n) is 9.06. The Bertz CT molecular complexity index is 303. The quantitative estimate of drug-likeness (QED) is 0.780. The lowest BCUT2D eigenvalue weighted by Gasteiger charge is -2.09. The molecule has 1 aromatic rings. The molecule has 1 unspecified atom stereocenters. The number of aliphatic hydroxyl groups excluding tert-OH is 1. The van der Waals surface area contributed by atoms with Crippen LogP contribution in [0.1, 0.15) is 18.9 Å². The van der Waals surface area contributed by atoms with Crippen LogP contribution in [0, 0.1) is 0 Å². The van der Waals surface area contributed by atoms with Crippen molar-refractivity contribution in [2.45, 2.75) is 25.9 Å². The second kappa shape index (κ2) is 6.53. The second-order valence-corrected chi connectivity index (χ2v) is 3.45. The molecule has 15 heavy (non-hydrogen) atoms. The predicted molar refractivity (Wildman–Crippen MR) is 64.7 cm³/mol. The summed E-state index contributed by atoms with van der Waals surface area (Å²) in [6, 6.07) is 5.58. The Morgan fingerprint density at radius 3 is 2.67 bits per heavy atom. The molecular formula is C11H18ClNO2. The molecule has 1 rings (SSSR count). The van der Waals surface area contributed by atoms with Crippen molar-refractivity contribution in [3.05, 3.63) is 23.8 Å². The fourth-order valence-electron chi connectivity index (χ4n) is 1.29. The van der Waals surface area contributed by atoms with Gasteiger partial charge in [0.2, 0.25) is 0 Å². The zero-order valence-corrected chi connectivity index (χ0v) is 9.88. The highest BCUT2D eigenvalue weighted by Gasteiger charge is 2.03. The minimum Gasteiger partial charge on any atom is -0.497 e. The van der Waals surface area contributed by atoms with Crippen LogP contribution in [-0.4, -0.2) is 18.3 Å². The average molecular weight is 232 g/mol. The van der Waals surface area contributed by atoms with Crippen LogP contribution in [0.4, 0.5) is 5.69 Å². The van der Waals surface area contributed by atoms with Crippen LogP contribution in [-0.2, 0) is 6.42 Å². The van der Waals surface area contributed by atoms with Crippen LogP contribution in [0.2, 0.25) is 0 Å². The van der Waals surface area contributed by atoms with Gasteiger partial charge in [-0.3, -0.25) is 0 Å². The molecule has 0 aliphatic rings. The van der Waals surface area contributed by atoms with E-state index in [4.69, 9.17) is 15.6 Å². The normalized spacial score (nSPS) is 11.7. The summed E-state index contributed by atoms with van der Waals surface area (Å²) in [5.41, 5.74) is 7.58. The van der Waals surface area contributed by atoms with Gasteiger partial charge in [0, 0.05) is 5.69 Å². The van der Waals surface area contributed by atoms with Crippen molar-refractivity contribution in [2.24, 2.45) is 0 Å². The molecular weight excluding hydrogens is 214 g/mol. The summed E-state index contributed by atoms with van der Waals surface area (Å²) < 4.78 is 5.10. The van der Waals surface area contributed by atoms with Crippen LogP contribution in [0.15, 0.2) is 18.2 Å². The first-order chi connectivity index (χ1) is 6.63. The van der Waals surface area contributed by atoms with Crippen LogP contribution in [0.3, 0.4) is 0 Å². The zero-order chi connectivity index (χ0) is 10.6. The Morgan fingerprint density at radius 2 is 2.13 bits per heavy atom. The summed E-state index contributed by atoms with van der Waals surface area (Å²) in [4.78, 5) is 0. The van der Waals surface area contributed by atoms with Crippen LogP contribution in [0.25, 0.3) is 0 Å². The fraction of sp³-hybridized carbons (Fsp3) is 0.455. The van der Waals surface area contributed by atoms with Gasteiger partial charge in [-0.2, -0.15) is 0 Å². The van der Waals surface area contributed by atoms with Gasteiger partial charge in [0.15, 0.2) is 0 Å². The van der Waals surface area contributed by atoms with Crippen LogP contribution in [0.5, 0.6) is 5.75 Å². The Labute approximate surface area is 96.7 Å². The van der Waals surface area contributed by atoms with Gasteiger partial charge in [0.25, 0.3) is 0 Å². The number of hydrogen-bond donors (Lipinski definition) is 2. The number of nitrogens with two attached hydrogens (primary N) is 1. The number of anilines is 1. The molecule has 86 valence electrons. The van der Waals surface area contributed by atoms with E-state index in [2.05, 4.69) is 0 Å². The topological polar surface area (TPSA) is 55.5 Å². The first-order valence-electron chi connectivity index (χ1n) is 4.74. The van der Waals surface area contributed by atoms with Gasteiger partial charge in [-0.15, -0.1) is 12.4 Å². The number of nitrogen functional groups attached to an aromatic ring is 1. The van der Waals surface area contributed by atoms with Gasteiger partial charge in [0.1, 0.15) is 5.75 Å². The SMILES string of the molecule is COc1ccc(N)c(CCC(C)O)c1.Cl. The van der Waals surface area contributed by atoms with E-state index >= 15 is 0 Å². The van der Waals surface area contributed by atoms with E-state index in [1.165, 1.54) is 0 Å². The van der Waals surface area contributed by atoms with E-state index in [1.807, 2.05) is 18.2 Å². The van der Waals surface area contributed by atoms with Crippen molar-refractivity contribution in [3.8, 4) is 5.75 Å². The molecule has 0 spiro atoms. The molecule has 4 heteroatoms. The van der Waals surface area contributed by atoms with Gasteiger partial charge in [-0.1, -0.05) is 0 Å². The van der Waals surface area contributed by atoms with Crippen molar-refractivity contribution in [1.29, 1.82) is 0 Å². The lowest BCUT2D eigenvalue weighted by molar-refractivity contribution is 0.185. The molecule has 0 bridgehead atoms. The van der Waals surface area contributed by atoms with E-state index in [1.54, 1.807) is 14.0 Å². The summed E-state index contributed by atoms with van der Waals surface area (Å²) in [6.07, 6.45) is 1.21. The van der Waals surface area contributed by atoms with E-state index < -0.39 is 0 Å². The number of benzene rings is 1. The molecule has 0 radical (unpaired) electrons. The first-order valence-corrected chi connectivity index (χ1v) is 4.74. The van der Waals surface area contributed by atoms with Crippen molar-refractivity contribution in [2.75, 3.05) is 12.8 Å². The van der Waals surface area contributed by atoms with Gasteiger partial charge < -0.3 is 15.6 Å². The molecule has 1 atom stereocenters. The molecule has 0 aliphatic heterocycles. The summed E-state index contributed by atoms with van der Waals surface area (Å²) >= 11 is 0. The summed E-state index contributed by atoms with van der Waals surface area (Å²) in [5.74, 6) is 0.805. The highest BCUT2D eigenvalue weighted by Crippen LogP contribution is 2.21. The maximum Gasteiger partial charge on any atom is 0.119 e. The van der Waals surface area contributed by atoms with Crippen LogP contribution >= 0.6 is 12.4 Å². The number of ether oxygens (including phenoxy) is 1. The molecule has 3 N–H and O–H groups in total. The highest BCUT2D eigenvalue weighted by atomic mass is 35.5. The highest BCUT2D eigenvalue weighted by molar-refractivity contribution is 5.85. The maximum absolute atomic E-state index is 9.16. The molecule has 0 amide bonds. The first kappa shape index (κ1) is 14.1. The van der Waals surface area contributed by atoms with Crippen molar-refractivity contribution < 1.29 is 9.84 Å². The third kappa shape index (κ3) is 4.40. The molecule has 3 nitrogen and oxygen atoms in total. The Kier molecular flexibility index (Phi) is 6.13. The summed E-state index contributed by atoms with van der Waals surface area (Å²) in [6.45, 7) is 1.77. The maximum atomic E-state index is 9.16. The number of halogens is 1. The molecule has 0 aliphatic carbocycles. The van der Waals surface area contributed by atoms with Gasteiger partial charge >= 0.3 is 0 Å². The Morgan fingerprint density at radius 1 is 1.47 bits per heavy atom. The largest absolute Gasteiger partial charge is 0.497 e. The van der Waals surface area contributed by atoms with Gasteiger partial charge in [0.05, 0.1) is 13.2 Å². The van der Waals surface area contributed by atoms with E-state index in [0.29, 0.717) is 0 Å². The number of hydrogen-bond acceptors (Lipinski definition) is 3. The second-order valence-electron chi connectivity index (χ2n) is 3.45. The monoisotopic (exact) mass is 231 g/mol.